The van der Waals surface area contributed by atoms with E-state index in [1.165, 1.54) is 12.1 Å². The second kappa shape index (κ2) is 8.39. The average Bonchev–Trinajstić information content (AvgIpc) is 2.67. The molecule has 0 nitrogen and oxygen atoms in total. The summed E-state index contributed by atoms with van der Waals surface area (Å²) in [4.78, 5) is 0. The molecule has 0 aliphatic rings. The van der Waals surface area contributed by atoms with Crippen molar-refractivity contribution in [2.24, 2.45) is 0 Å². The fourth-order valence-electron chi connectivity index (χ4n) is 2.80. The predicted molar refractivity (Wildman–Crippen MR) is 101 cm³/mol. The highest BCUT2D eigenvalue weighted by Gasteiger charge is 2.11. The molecule has 0 aliphatic heterocycles. The van der Waals surface area contributed by atoms with Crippen molar-refractivity contribution in [3.05, 3.63) is 107 Å². The molecule has 25 heavy (non-hydrogen) atoms. The molecule has 0 heterocycles. The van der Waals surface area contributed by atoms with Crippen molar-refractivity contribution in [3.63, 3.8) is 0 Å². The first kappa shape index (κ1) is 17.1. The van der Waals surface area contributed by atoms with Crippen LogP contribution in [0, 0.1) is 5.82 Å². The molecule has 0 amide bonds. The smallest absolute Gasteiger partial charge is 0.123 e. The minimum Gasteiger partial charge on any atom is -0.250 e. The third-order valence-corrected chi connectivity index (χ3v) is 4.26. The van der Waals surface area contributed by atoms with Gasteiger partial charge in [0.05, 0.1) is 6.67 Å². The van der Waals surface area contributed by atoms with Gasteiger partial charge in [-0.2, -0.15) is 0 Å². The van der Waals surface area contributed by atoms with Crippen LogP contribution in [0.4, 0.5) is 8.78 Å². The summed E-state index contributed by atoms with van der Waals surface area (Å²) in [5.41, 5.74) is 4.16. The van der Waals surface area contributed by atoms with E-state index in [0.29, 0.717) is 6.42 Å². The SMILES string of the molecule is FCC(Cc1ccc(/C=C/c2ccc(F)cc2)cc1)c1ccccc1. The maximum absolute atomic E-state index is 13.4. The van der Waals surface area contributed by atoms with Gasteiger partial charge < -0.3 is 0 Å². The molecule has 0 fully saturated rings. The van der Waals surface area contributed by atoms with Crippen LogP contribution in [0.1, 0.15) is 28.2 Å². The molecule has 0 aliphatic carbocycles. The van der Waals surface area contributed by atoms with E-state index in [2.05, 4.69) is 0 Å². The molecule has 0 radical (unpaired) electrons. The van der Waals surface area contributed by atoms with Crippen LogP contribution in [-0.2, 0) is 6.42 Å². The van der Waals surface area contributed by atoms with Gasteiger partial charge in [0.1, 0.15) is 5.82 Å². The summed E-state index contributed by atoms with van der Waals surface area (Å²) in [6, 6.07) is 24.3. The minimum atomic E-state index is -0.365. The van der Waals surface area contributed by atoms with Crippen LogP contribution in [-0.4, -0.2) is 6.67 Å². The normalized spacial score (nSPS) is 12.4. The topological polar surface area (TPSA) is 0 Å². The first-order valence-electron chi connectivity index (χ1n) is 8.38. The number of benzene rings is 3. The first-order valence-corrected chi connectivity index (χ1v) is 8.38. The molecular weight excluding hydrogens is 314 g/mol. The van der Waals surface area contributed by atoms with Gasteiger partial charge in [-0.3, -0.25) is 4.39 Å². The molecule has 0 saturated heterocycles. The molecule has 3 rings (SSSR count). The van der Waals surface area contributed by atoms with Crippen molar-refractivity contribution in [2.75, 3.05) is 6.67 Å². The summed E-state index contributed by atoms with van der Waals surface area (Å²) < 4.78 is 26.3. The number of alkyl halides is 1. The molecule has 3 aromatic carbocycles. The van der Waals surface area contributed by atoms with E-state index < -0.39 is 0 Å². The van der Waals surface area contributed by atoms with Gasteiger partial charge in [-0.15, -0.1) is 0 Å². The van der Waals surface area contributed by atoms with E-state index in [1.807, 2.05) is 66.7 Å². The third-order valence-electron chi connectivity index (χ3n) is 4.26. The summed E-state index contributed by atoms with van der Waals surface area (Å²) in [6.45, 7) is -0.365. The zero-order valence-electron chi connectivity index (χ0n) is 13.9. The molecule has 0 N–H and O–H groups in total. The first-order chi connectivity index (χ1) is 12.2. The molecule has 0 bridgehead atoms. The molecule has 2 heteroatoms. The Balaban J connectivity index is 1.66. The molecule has 1 atom stereocenters. The third kappa shape index (κ3) is 4.87. The van der Waals surface area contributed by atoms with Crippen molar-refractivity contribution in [1.29, 1.82) is 0 Å². The molecule has 0 saturated carbocycles. The van der Waals surface area contributed by atoms with Crippen LogP contribution < -0.4 is 0 Å². The lowest BCUT2D eigenvalue weighted by Gasteiger charge is -2.13. The Morgan fingerprint density at radius 2 is 1.28 bits per heavy atom. The van der Waals surface area contributed by atoms with Crippen molar-refractivity contribution in [3.8, 4) is 0 Å². The van der Waals surface area contributed by atoms with E-state index in [9.17, 15) is 8.78 Å². The van der Waals surface area contributed by atoms with Gasteiger partial charge in [0, 0.05) is 5.92 Å². The van der Waals surface area contributed by atoms with Gasteiger partial charge in [0.15, 0.2) is 0 Å². The molecule has 3 aromatic rings. The van der Waals surface area contributed by atoms with Crippen LogP contribution in [0.5, 0.6) is 0 Å². The summed E-state index contributed by atoms with van der Waals surface area (Å²) >= 11 is 0. The number of hydrogen-bond donors (Lipinski definition) is 0. The van der Waals surface area contributed by atoms with Gasteiger partial charge in [0.25, 0.3) is 0 Å². The summed E-state index contributed by atoms with van der Waals surface area (Å²) in [5, 5.41) is 0. The van der Waals surface area contributed by atoms with Crippen molar-refractivity contribution < 1.29 is 8.78 Å². The Bertz CT molecular complexity index is 803. The minimum absolute atomic E-state index is 0.109. The predicted octanol–water partition coefficient (Wildman–Crippen LogP) is 6.29. The highest BCUT2D eigenvalue weighted by molar-refractivity contribution is 5.69. The molecule has 0 spiro atoms. The number of rotatable bonds is 6. The van der Waals surface area contributed by atoms with E-state index in [0.717, 1.165) is 22.3 Å². The Hall–Kier alpha value is -2.74. The quantitative estimate of drug-likeness (QED) is 0.465. The fraction of sp³-hybridized carbons (Fsp3) is 0.130. The molecule has 126 valence electrons. The highest BCUT2D eigenvalue weighted by Crippen LogP contribution is 2.22. The Labute approximate surface area is 147 Å². The maximum Gasteiger partial charge on any atom is 0.123 e. The van der Waals surface area contributed by atoms with Crippen LogP contribution in [0.25, 0.3) is 12.2 Å². The van der Waals surface area contributed by atoms with Crippen LogP contribution in [0.2, 0.25) is 0 Å². The summed E-state index contributed by atoms with van der Waals surface area (Å²) in [7, 11) is 0. The lowest BCUT2D eigenvalue weighted by molar-refractivity contribution is 0.428. The number of hydrogen-bond acceptors (Lipinski definition) is 0. The Kier molecular flexibility index (Phi) is 5.73. The molecule has 1 unspecified atom stereocenters. The monoisotopic (exact) mass is 334 g/mol. The van der Waals surface area contributed by atoms with E-state index in [-0.39, 0.29) is 18.4 Å². The largest absolute Gasteiger partial charge is 0.250 e. The molecular formula is C23H20F2. The van der Waals surface area contributed by atoms with Gasteiger partial charge in [-0.1, -0.05) is 78.9 Å². The van der Waals surface area contributed by atoms with Crippen molar-refractivity contribution >= 4 is 12.2 Å². The van der Waals surface area contributed by atoms with E-state index in [1.54, 1.807) is 12.1 Å². The zero-order chi connectivity index (χ0) is 17.5. The molecule has 0 aromatic heterocycles. The maximum atomic E-state index is 13.4. The summed E-state index contributed by atoms with van der Waals surface area (Å²) in [5.74, 6) is -0.343. The average molecular weight is 334 g/mol. The van der Waals surface area contributed by atoms with Gasteiger partial charge in [-0.05, 0) is 40.8 Å². The second-order valence-corrected chi connectivity index (χ2v) is 6.09. The van der Waals surface area contributed by atoms with Crippen molar-refractivity contribution in [1.82, 2.24) is 0 Å². The standard InChI is InChI=1S/C23H20F2/c24-17-22(21-4-2-1-3-5-21)16-20-10-8-18(9-11-20)6-7-19-12-14-23(25)15-13-19/h1-15,22H,16-17H2/b7-6+. The zero-order valence-corrected chi connectivity index (χ0v) is 13.9. The number of halogens is 2. The van der Waals surface area contributed by atoms with E-state index >= 15 is 0 Å². The Morgan fingerprint density at radius 1 is 0.720 bits per heavy atom. The fourth-order valence-corrected chi connectivity index (χ4v) is 2.80. The van der Waals surface area contributed by atoms with Crippen LogP contribution in [0.15, 0.2) is 78.9 Å². The van der Waals surface area contributed by atoms with Crippen LogP contribution >= 0.6 is 0 Å². The van der Waals surface area contributed by atoms with Gasteiger partial charge in [-0.25, -0.2) is 4.39 Å². The van der Waals surface area contributed by atoms with E-state index in [4.69, 9.17) is 0 Å². The lowest BCUT2D eigenvalue weighted by Crippen LogP contribution is -2.05. The second-order valence-electron chi connectivity index (χ2n) is 6.09. The Morgan fingerprint density at radius 3 is 1.84 bits per heavy atom. The van der Waals surface area contributed by atoms with Crippen LogP contribution in [0.3, 0.4) is 0 Å². The summed E-state index contributed by atoms with van der Waals surface area (Å²) in [6.07, 6.45) is 4.62. The van der Waals surface area contributed by atoms with Gasteiger partial charge in [0.2, 0.25) is 0 Å². The highest BCUT2D eigenvalue weighted by atomic mass is 19.1. The lowest BCUT2D eigenvalue weighted by atomic mass is 9.93. The van der Waals surface area contributed by atoms with Gasteiger partial charge >= 0.3 is 0 Å². The van der Waals surface area contributed by atoms with Crippen molar-refractivity contribution in [2.45, 2.75) is 12.3 Å².